The van der Waals surface area contributed by atoms with Gasteiger partial charge in [0.25, 0.3) is 0 Å². The molecule has 0 heterocycles. The number of rotatable bonds is 3. The number of hydrogen-bond acceptors (Lipinski definition) is 1. The zero-order valence-electron chi connectivity index (χ0n) is 8.18. The maximum absolute atomic E-state index is 5.52. The van der Waals surface area contributed by atoms with Gasteiger partial charge in [-0.1, -0.05) is 35.8 Å². The van der Waals surface area contributed by atoms with Crippen LogP contribution in [0.1, 0.15) is 30.9 Å². The lowest BCUT2D eigenvalue weighted by Gasteiger charge is -2.08. The van der Waals surface area contributed by atoms with Crippen LogP contribution in [0.15, 0.2) is 22.7 Å². The Balaban J connectivity index is 2.96. The first-order valence-electron chi connectivity index (χ1n) is 4.63. The van der Waals surface area contributed by atoms with Gasteiger partial charge >= 0.3 is 0 Å². The van der Waals surface area contributed by atoms with E-state index in [0.717, 1.165) is 10.9 Å². The van der Waals surface area contributed by atoms with E-state index in [1.165, 1.54) is 11.1 Å². The van der Waals surface area contributed by atoms with Crippen LogP contribution < -0.4 is 5.73 Å². The molecule has 1 aromatic carbocycles. The lowest BCUT2D eigenvalue weighted by molar-refractivity contribution is 0.857. The van der Waals surface area contributed by atoms with Crippen molar-refractivity contribution in [2.75, 3.05) is 6.54 Å². The van der Waals surface area contributed by atoms with Crippen LogP contribution in [0.4, 0.5) is 0 Å². The molecule has 0 aliphatic heterocycles. The van der Waals surface area contributed by atoms with E-state index in [-0.39, 0.29) is 0 Å². The van der Waals surface area contributed by atoms with Crippen molar-refractivity contribution in [3.63, 3.8) is 0 Å². The molecule has 1 aromatic rings. The van der Waals surface area contributed by atoms with Crippen molar-refractivity contribution in [3.8, 4) is 0 Å². The van der Waals surface area contributed by atoms with Gasteiger partial charge in [0.05, 0.1) is 0 Å². The first-order chi connectivity index (χ1) is 6.13. The second-order valence-electron chi connectivity index (χ2n) is 3.59. The highest BCUT2D eigenvalue weighted by Gasteiger charge is 2.02. The lowest BCUT2D eigenvalue weighted by Crippen LogP contribution is -2.03. The van der Waals surface area contributed by atoms with Crippen LogP contribution in [-0.4, -0.2) is 6.54 Å². The molecule has 0 spiro atoms. The Kier molecular flexibility index (Phi) is 3.94. The van der Waals surface area contributed by atoms with Gasteiger partial charge in [-0.25, -0.2) is 0 Å². The van der Waals surface area contributed by atoms with E-state index in [2.05, 4.69) is 48.0 Å². The SMILES string of the molecule is CC(C)c1cc(Br)cc(CCN)c1. The second-order valence-corrected chi connectivity index (χ2v) is 4.50. The maximum Gasteiger partial charge on any atom is 0.0180 e. The third-order valence-electron chi connectivity index (χ3n) is 2.08. The summed E-state index contributed by atoms with van der Waals surface area (Å²) in [6.45, 7) is 5.12. The van der Waals surface area contributed by atoms with Crippen molar-refractivity contribution < 1.29 is 0 Å². The molecule has 0 unspecified atom stereocenters. The van der Waals surface area contributed by atoms with E-state index in [0.29, 0.717) is 12.5 Å². The molecule has 13 heavy (non-hydrogen) atoms. The summed E-state index contributed by atoms with van der Waals surface area (Å²) in [6, 6.07) is 6.55. The standard InChI is InChI=1S/C11H16BrN/c1-8(2)10-5-9(3-4-13)6-11(12)7-10/h5-8H,3-4,13H2,1-2H3. The Bertz CT molecular complexity index is 281. The molecule has 0 aliphatic carbocycles. The highest BCUT2D eigenvalue weighted by molar-refractivity contribution is 9.10. The molecule has 72 valence electrons. The summed E-state index contributed by atoms with van der Waals surface area (Å²) in [4.78, 5) is 0. The first kappa shape index (κ1) is 10.7. The molecule has 0 saturated heterocycles. The Morgan fingerprint density at radius 2 is 2.00 bits per heavy atom. The van der Waals surface area contributed by atoms with Gasteiger partial charge in [0, 0.05) is 4.47 Å². The van der Waals surface area contributed by atoms with Crippen LogP contribution in [0.3, 0.4) is 0 Å². The number of nitrogens with two attached hydrogens (primary N) is 1. The van der Waals surface area contributed by atoms with Crippen LogP contribution in [0, 0.1) is 0 Å². The molecule has 1 nitrogen and oxygen atoms in total. The van der Waals surface area contributed by atoms with Crippen LogP contribution >= 0.6 is 15.9 Å². The highest BCUT2D eigenvalue weighted by Crippen LogP contribution is 2.21. The summed E-state index contributed by atoms with van der Waals surface area (Å²) in [5, 5.41) is 0. The third-order valence-corrected chi connectivity index (χ3v) is 2.54. The van der Waals surface area contributed by atoms with Crippen LogP contribution in [0.25, 0.3) is 0 Å². The minimum atomic E-state index is 0.578. The summed E-state index contributed by atoms with van der Waals surface area (Å²) in [5.41, 5.74) is 8.21. The molecule has 0 amide bonds. The van der Waals surface area contributed by atoms with E-state index >= 15 is 0 Å². The van der Waals surface area contributed by atoms with Gasteiger partial charge in [-0.15, -0.1) is 0 Å². The predicted molar refractivity (Wildman–Crippen MR) is 61.0 cm³/mol. The highest BCUT2D eigenvalue weighted by atomic mass is 79.9. The minimum absolute atomic E-state index is 0.578. The first-order valence-corrected chi connectivity index (χ1v) is 5.42. The van der Waals surface area contributed by atoms with Gasteiger partial charge in [-0.05, 0) is 42.1 Å². The minimum Gasteiger partial charge on any atom is -0.330 e. The van der Waals surface area contributed by atoms with Crippen molar-refractivity contribution in [1.82, 2.24) is 0 Å². The molecular weight excluding hydrogens is 226 g/mol. The molecule has 0 saturated carbocycles. The third kappa shape index (κ3) is 3.12. The quantitative estimate of drug-likeness (QED) is 0.866. The Morgan fingerprint density at radius 3 is 2.54 bits per heavy atom. The fourth-order valence-electron chi connectivity index (χ4n) is 1.32. The molecule has 0 bridgehead atoms. The average molecular weight is 242 g/mol. The summed E-state index contributed by atoms with van der Waals surface area (Å²) in [7, 11) is 0. The average Bonchev–Trinajstić information content (AvgIpc) is 2.03. The maximum atomic E-state index is 5.52. The van der Waals surface area contributed by atoms with E-state index in [1.807, 2.05) is 0 Å². The van der Waals surface area contributed by atoms with E-state index in [9.17, 15) is 0 Å². The summed E-state index contributed by atoms with van der Waals surface area (Å²) >= 11 is 3.51. The Labute approximate surface area is 88.5 Å². The smallest absolute Gasteiger partial charge is 0.0180 e. The number of halogens is 1. The second kappa shape index (κ2) is 4.77. The fourth-order valence-corrected chi connectivity index (χ4v) is 1.88. The van der Waals surface area contributed by atoms with Crippen molar-refractivity contribution in [3.05, 3.63) is 33.8 Å². The van der Waals surface area contributed by atoms with Gasteiger partial charge in [0.1, 0.15) is 0 Å². The van der Waals surface area contributed by atoms with Crippen LogP contribution in [0.5, 0.6) is 0 Å². The van der Waals surface area contributed by atoms with Gasteiger partial charge in [-0.3, -0.25) is 0 Å². The van der Waals surface area contributed by atoms with Gasteiger partial charge in [0.2, 0.25) is 0 Å². The van der Waals surface area contributed by atoms with Crippen molar-refractivity contribution >= 4 is 15.9 Å². The largest absolute Gasteiger partial charge is 0.330 e. The van der Waals surface area contributed by atoms with Crippen molar-refractivity contribution in [2.24, 2.45) is 5.73 Å². The topological polar surface area (TPSA) is 26.0 Å². The molecule has 0 radical (unpaired) electrons. The zero-order valence-corrected chi connectivity index (χ0v) is 9.76. The van der Waals surface area contributed by atoms with E-state index in [1.54, 1.807) is 0 Å². The van der Waals surface area contributed by atoms with E-state index < -0.39 is 0 Å². The molecule has 0 atom stereocenters. The molecule has 2 N–H and O–H groups in total. The molecule has 0 aromatic heterocycles. The Morgan fingerprint density at radius 1 is 1.31 bits per heavy atom. The van der Waals surface area contributed by atoms with Gasteiger partial charge < -0.3 is 5.73 Å². The summed E-state index contributed by atoms with van der Waals surface area (Å²) in [6.07, 6.45) is 0.957. The number of hydrogen-bond donors (Lipinski definition) is 1. The molecular formula is C11H16BrN. The molecule has 1 rings (SSSR count). The molecule has 0 aliphatic rings. The van der Waals surface area contributed by atoms with Crippen molar-refractivity contribution in [1.29, 1.82) is 0 Å². The summed E-state index contributed by atoms with van der Waals surface area (Å²) in [5.74, 6) is 0.578. The summed E-state index contributed by atoms with van der Waals surface area (Å²) < 4.78 is 1.15. The Hall–Kier alpha value is -0.340. The molecule has 0 fully saturated rings. The van der Waals surface area contributed by atoms with Crippen LogP contribution in [-0.2, 0) is 6.42 Å². The predicted octanol–water partition coefficient (Wildman–Crippen LogP) is 3.07. The van der Waals surface area contributed by atoms with Crippen molar-refractivity contribution in [2.45, 2.75) is 26.2 Å². The normalized spacial score (nSPS) is 10.8. The lowest BCUT2D eigenvalue weighted by atomic mass is 10.00. The van der Waals surface area contributed by atoms with Gasteiger partial charge in [0.15, 0.2) is 0 Å². The fraction of sp³-hybridized carbons (Fsp3) is 0.455. The van der Waals surface area contributed by atoms with Gasteiger partial charge in [-0.2, -0.15) is 0 Å². The monoisotopic (exact) mass is 241 g/mol. The van der Waals surface area contributed by atoms with Crippen LogP contribution in [0.2, 0.25) is 0 Å². The number of benzene rings is 1. The van der Waals surface area contributed by atoms with E-state index in [4.69, 9.17) is 5.73 Å². The zero-order chi connectivity index (χ0) is 9.84. The molecule has 2 heteroatoms.